The highest BCUT2D eigenvalue weighted by molar-refractivity contribution is 6.35. The number of hydrogen-bond acceptors (Lipinski definition) is 8. The lowest BCUT2D eigenvalue weighted by atomic mass is 9.77. The number of hydrogen-bond donors (Lipinski definition) is 6. The van der Waals surface area contributed by atoms with Gasteiger partial charge in [0.2, 0.25) is 11.8 Å². The smallest absolute Gasteiger partial charge is 0.352 e. The number of β-lactam (4-membered cyclic amide) rings is 1. The van der Waals surface area contributed by atoms with Crippen LogP contribution in [0.5, 0.6) is 11.5 Å². The average molecular weight is 525 g/mol. The Kier molecular flexibility index (Phi) is 8.12. The molecular weight excluding hydrogens is 496 g/mol. The van der Waals surface area contributed by atoms with Crippen LogP contribution < -0.4 is 10.6 Å². The van der Waals surface area contributed by atoms with Crippen LogP contribution in [0.4, 0.5) is 0 Å². The molecule has 13 heteroatoms. The van der Waals surface area contributed by atoms with E-state index < -0.39 is 47.3 Å². The maximum atomic E-state index is 12.4. The van der Waals surface area contributed by atoms with E-state index in [0.29, 0.717) is 5.57 Å². The van der Waals surface area contributed by atoms with E-state index in [1.54, 1.807) is 18.9 Å². The zero-order valence-corrected chi connectivity index (χ0v) is 20.7. The van der Waals surface area contributed by atoms with Gasteiger partial charge in [0, 0.05) is 25.6 Å². The lowest BCUT2D eigenvalue weighted by Crippen LogP contribution is -2.63. The van der Waals surface area contributed by atoms with Crippen molar-refractivity contribution in [2.45, 2.75) is 26.0 Å². The Bertz CT molecular complexity index is 1120. The Morgan fingerprint density at radius 3 is 2.44 bits per heavy atom. The van der Waals surface area contributed by atoms with Gasteiger partial charge in [0.15, 0.2) is 11.5 Å². The molecule has 1 aromatic rings. The number of carboxylic acids is 1. The molecule has 2 heterocycles. The van der Waals surface area contributed by atoms with Gasteiger partial charge in [-0.1, -0.05) is 18.5 Å². The molecule has 0 saturated carbocycles. The number of aliphatic hydroxyl groups excluding tert-OH is 1. The zero-order chi connectivity index (χ0) is 26.9. The number of carboxylic acid groups (broad SMARTS) is 1. The number of phenols is 2. The summed E-state index contributed by atoms with van der Waals surface area (Å²) < 4.78 is 0. The first-order valence-corrected chi connectivity index (χ1v) is 11.7. The van der Waals surface area contributed by atoms with E-state index >= 15 is 0 Å². The van der Waals surface area contributed by atoms with Crippen LogP contribution in [-0.2, 0) is 14.4 Å². The fraction of sp³-hybridized carbons (Fsp3) is 0.478. The van der Waals surface area contributed by atoms with Gasteiger partial charge in [0.25, 0.3) is 5.91 Å². The lowest BCUT2D eigenvalue weighted by Gasteiger charge is -2.46. The van der Waals surface area contributed by atoms with Crippen LogP contribution in [0.25, 0.3) is 0 Å². The van der Waals surface area contributed by atoms with Crippen LogP contribution >= 0.6 is 11.6 Å². The summed E-state index contributed by atoms with van der Waals surface area (Å²) in [5.74, 6) is -4.61. The number of nitrogens with one attached hydrogen (secondary N) is 2. The highest BCUT2D eigenvalue weighted by Gasteiger charge is 2.59. The van der Waals surface area contributed by atoms with Gasteiger partial charge in [-0.3, -0.25) is 19.3 Å². The SMILES string of the molecule is C[C@@H](O)[C@H]1C(=O)N2C(C(=O)O)=C(CN(C)CC(=O)NCCNC(=O)c3ccc(O)c(O)c3Cl)[C@H](C)[C@H]12. The summed E-state index contributed by atoms with van der Waals surface area (Å²) in [6, 6.07) is 1.96. The second kappa shape index (κ2) is 10.7. The largest absolute Gasteiger partial charge is 0.504 e. The molecule has 3 rings (SSSR count). The minimum Gasteiger partial charge on any atom is -0.504 e. The molecule has 36 heavy (non-hydrogen) atoms. The molecule has 2 aliphatic heterocycles. The maximum Gasteiger partial charge on any atom is 0.352 e. The van der Waals surface area contributed by atoms with E-state index in [1.807, 2.05) is 0 Å². The fourth-order valence-corrected chi connectivity index (χ4v) is 4.95. The zero-order valence-electron chi connectivity index (χ0n) is 20.0. The monoisotopic (exact) mass is 524 g/mol. The first-order valence-electron chi connectivity index (χ1n) is 11.3. The summed E-state index contributed by atoms with van der Waals surface area (Å²) in [6.07, 6.45) is -0.893. The second-order valence-corrected chi connectivity index (χ2v) is 9.38. The van der Waals surface area contributed by atoms with E-state index in [9.17, 15) is 39.6 Å². The van der Waals surface area contributed by atoms with Crippen molar-refractivity contribution < 1.29 is 39.6 Å². The standard InChI is InChI=1S/C23H29ClN4O8/c1-10-13(19(23(35)36)28-18(10)16(11(2)29)22(28)34)8-27(3)9-15(31)25-6-7-26-21(33)12-4-5-14(30)20(32)17(12)24/h4-5,10-11,16,18,29-30,32H,6-9H2,1-3H3,(H,25,31)(H,26,33)(H,35,36)/t10-,11+,16+,18+/m0/s1. The van der Waals surface area contributed by atoms with Crippen molar-refractivity contribution in [3.05, 3.63) is 34.0 Å². The van der Waals surface area contributed by atoms with Crippen molar-refractivity contribution in [2.75, 3.05) is 33.2 Å². The molecule has 0 unspecified atom stereocenters. The summed E-state index contributed by atoms with van der Waals surface area (Å²) in [5, 5.41) is 43.5. The molecule has 0 aliphatic carbocycles. The topological polar surface area (TPSA) is 180 Å². The Labute approximate surface area is 212 Å². The second-order valence-electron chi connectivity index (χ2n) is 9.01. The van der Waals surface area contributed by atoms with Crippen LogP contribution in [0.3, 0.4) is 0 Å². The van der Waals surface area contributed by atoms with Crippen molar-refractivity contribution in [1.29, 1.82) is 0 Å². The van der Waals surface area contributed by atoms with Crippen LogP contribution in [0.2, 0.25) is 5.02 Å². The molecule has 0 bridgehead atoms. The molecule has 1 fully saturated rings. The van der Waals surface area contributed by atoms with E-state index in [1.165, 1.54) is 17.9 Å². The molecule has 2 aliphatic rings. The number of carbonyl (C=O) groups is 4. The molecule has 0 radical (unpaired) electrons. The fourth-order valence-electron chi connectivity index (χ4n) is 4.70. The molecule has 12 nitrogen and oxygen atoms in total. The average Bonchev–Trinajstić information content (AvgIpc) is 3.03. The van der Waals surface area contributed by atoms with Gasteiger partial charge in [-0.25, -0.2) is 4.79 Å². The van der Waals surface area contributed by atoms with E-state index in [-0.39, 0.29) is 54.3 Å². The Morgan fingerprint density at radius 2 is 1.83 bits per heavy atom. The summed E-state index contributed by atoms with van der Waals surface area (Å²) in [7, 11) is 1.64. The number of nitrogens with zero attached hydrogens (tertiary/aromatic N) is 2. The van der Waals surface area contributed by atoms with E-state index in [4.69, 9.17) is 11.6 Å². The van der Waals surface area contributed by atoms with Crippen LogP contribution in [0.15, 0.2) is 23.4 Å². The molecule has 1 saturated heterocycles. The third kappa shape index (κ3) is 5.11. The first kappa shape index (κ1) is 27.2. The number of phenolic OH excluding ortho intramolecular Hbond substituents is 2. The van der Waals surface area contributed by atoms with Gasteiger partial charge in [-0.2, -0.15) is 0 Å². The van der Waals surface area contributed by atoms with E-state index in [2.05, 4.69) is 10.6 Å². The number of carbonyl (C=O) groups excluding carboxylic acids is 3. The molecule has 6 N–H and O–H groups in total. The first-order chi connectivity index (χ1) is 16.9. The van der Waals surface area contributed by atoms with Crippen molar-refractivity contribution in [2.24, 2.45) is 11.8 Å². The van der Waals surface area contributed by atoms with Gasteiger partial charge >= 0.3 is 5.97 Å². The number of aliphatic carboxylic acids is 1. The predicted octanol–water partition coefficient (Wildman–Crippen LogP) is -0.275. The van der Waals surface area contributed by atoms with Crippen molar-refractivity contribution in [3.8, 4) is 11.5 Å². The van der Waals surface area contributed by atoms with Gasteiger partial charge in [-0.15, -0.1) is 0 Å². The number of aromatic hydroxyl groups is 2. The van der Waals surface area contributed by atoms with Gasteiger partial charge in [-0.05, 0) is 31.7 Å². The Balaban J connectivity index is 1.50. The van der Waals surface area contributed by atoms with Crippen molar-refractivity contribution in [1.82, 2.24) is 20.4 Å². The highest BCUT2D eigenvalue weighted by atomic mass is 35.5. The van der Waals surface area contributed by atoms with Crippen LogP contribution in [0, 0.1) is 11.8 Å². The predicted molar refractivity (Wildman–Crippen MR) is 127 cm³/mol. The van der Waals surface area contributed by atoms with Gasteiger partial charge in [0.05, 0.1) is 35.2 Å². The Morgan fingerprint density at radius 1 is 1.19 bits per heavy atom. The minimum atomic E-state index is -1.23. The molecule has 0 spiro atoms. The number of aliphatic hydroxyl groups is 1. The third-order valence-corrected chi connectivity index (χ3v) is 6.83. The number of benzene rings is 1. The van der Waals surface area contributed by atoms with Crippen molar-refractivity contribution >= 4 is 35.3 Å². The van der Waals surface area contributed by atoms with Crippen molar-refractivity contribution in [3.63, 3.8) is 0 Å². The van der Waals surface area contributed by atoms with Crippen LogP contribution in [0.1, 0.15) is 24.2 Å². The lowest BCUT2D eigenvalue weighted by molar-refractivity contribution is -0.163. The van der Waals surface area contributed by atoms with Gasteiger partial charge < -0.3 is 36.0 Å². The number of fused-ring (bicyclic) bond motifs is 1. The Hall–Kier alpha value is -3.35. The molecule has 0 aromatic heterocycles. The summed E-state index contributed by atoms with van der Waals surface area (Å²) in [4.78, 5) is 51.7. The van der Waals surface area contributed by atoms with Gasteiger partial charge in [0.1, 0.15) is 5.70 Å². The maximum absolute atomic E-state index is 12.4. The van der Waals surface area contributed by atoms with E-state index in [0.717, 1.165) is 6.07 Å². The molecule has 3 amide bonds. The quantitative estimate of drug-likeness (QED) is 0.136. The molecular formula is C23H29ClN4O8. The summed E-state index contributed by atoms with van der Waals surface area (Å²) >= 11 is 5.86. The summed E-state index contributed by atoms with van der Waals surface area (Å²) in [5.41, 5.74) is 0.385. The molecule has 4 atom stereocenters. The third-order valence-electron chi connectivity index (χ3n) is 6.44. The summed E-state index contributed by atoms with van der Waals surface area (Å²) in [6.45, 7) is 3.56. The number of halogens is 1. The number of likely N-dealkylation sites (N-methyl/N-ethyl adjacent to an activating group) is 1. The normalized spacial score (nSPS) is 21.8. The minimum absolute atomic E-state index is 0.0350. The number of amides is 3. The van der Waals surface area contributed by atoms with Crippen LogP contribution in [-0.4, -0.2) is 99.3 Å². The molecule has 196 valence electrons. The number of rotatable bonds is 10. The molecule has 1 aromatic carbocycles. The highest BCUT2D eigenvalue weighted by Crippen LogP contribution is 2.47.